The minimum Gasteiger partial charge on any atom is -0.508 e. The van der Waals surface area contributed by atoms with Gasteiger partial charge in [-0.2, -0.15) is 0 Å². The molecule has 1 rings (SSSR count). The molecule has 0 amide bonds. The van der Waals surface area contributed by atoms with Crippen molar-refractivity contribution in [2.75, 3.05) is 0 Å². The van der Waals surface area contributed by atoms with E-state index in [-0.39, 0.29) is 11.5 Å². The van der Waals surface area contributed by atoms with Crippen LogP contribution in [0.4, 0.5) is 0 Å². The maximum Gasteiger partial charge on any atom is 0.179 e. The zero-order valence-corrected chi connectivity index (χ0v) is 6.82. The van der Waals surface area contributed by atoms with Crippen LogP contribution in [0.2, 0.25) is 0 Å². The SMILES string of the molecule is C[C@H](N)C(=O)c1ccc(O)cc1. The summed E-state index contributed by atoms with van der Waals surface area (Å²) in [5.41, 5.74) is 5.92. The third-order valence-electron chi connectivity index (χ3n) is 1.57. The van der Waals surface area contributed by atoms with Crippen molar-refractivity contribution in [3.8, 4) is 5.75 Å². The summed E-state index contributed by atoms with van der Waals surface area (Å²) in [7, 11) is 0. The second-order valence-corrected chi connectivity index (χ2v) is 2.70. The molecule has 0 radical (unpaired) electrons. The topological polar surface area (TPSA) is 63.3 Å². The lowest BCUT2D eigenvalue weighted by atomic mass is 10.1. The molecule has 0 aliphatic rings. The van der Waals surface area contributed by atoms with Gasteiger partial charge in [-0.05, 0) is 31.2 Å². The normalized spacial score (nSPS) is 12.5. The maximum atomic E-state index is 11.2. The van der Waals surface area contributed by atoms with E-state index in [2.05, 4.69) is 0 Å². The predicted molar refractivity (Wildman–Crippen MR) is 46.1 cm³/mol. The molecule has 1 aromatic carbocycles. The van der Waals surface area contributed by atoms with Crippen molar-refractivity contribution in [2.45, 2.75) is 13.0 Å². The van der Waals surface area contributed by atoms with E-state index in [1.54, 1.807) is 19.1 Å². The van der Waals surface area contributed by atoms with Crippen LogP contribution in [-0.4, -0.2) is 16.9 Å². The molecule has 3 N–H and O–H groups in total. The number of rotatable bonds is 2. The highest BCUT2D eigenvalue weighted by molar-refractivity contribution is 5.99. The fraction of sp³-hybridized carbons (Fsp3) is 0.222. The van der Waals surface area contributed by atoms with Crippen LogP contribution in [0, 0.1) is 0 Å². The van der Waals surface area contributed by atoms with Gasteiger partial charge in [-0.15, -0.1) is 0 Å². The summed E-state index contributed by atoms with van der Waals surface area (Å²) in [6.45, 7) is 1.63. The van der Waals surface area contributed by atoms with Crippen molar-refractivity contribution < 1.29 is 9.90 Å². The second kappa shape index (κ2) is 3.36. The Balaban J connectivity index is 2.90. The van der Waals surface area contributed by atoms with Crippen molar-refractivity contribution in [1.82, 2.24) is 0 Å². The first kappa shape index (κ1) is 8.74. The molecule has 0 saturated carbocycles. The summed E-state index contributed by atoms with van der Waals surface area (Å²) >= 11 is 0. The highest BCUT2D eigenvalue weighted by Crippen LogP contribution is 2.10. The molecule has 0 fully saturated rings. The summed E-state index contributed by atoms with van der Waals surface area (Å²) in [5.74, 6) is 0.0335. The predicted octanol–water partition coefficient (Wildman–Crippen LogP) is 0.922. The van der Waals surface area contributed by atoms with Crippen molar-refractivity contribution in [2.24, 2.45) is 5.73 Å². The Kier molecular flexibility index (Phi) is 2.45. The average Bonchev–Trinajstić information content (AvgIpc) is 2.04. The first-order chi connectivity index (χ1) is 5.61. The Morgan fingerprint density at radius 1 is 1.42 bits per heavy atom. The van der Waals surface area contributed by atoms with Crippen LogP contribution in [0.3, 0.4) is 0 Å². The van der Waals surface area contributed by atoms with Crippen molar-refractivity contribution >= 4 is 5.78 Å². The van der Waals surface area contributed by atoms with Gasteiger partial charge in [0.2, 0.25) is 0 Å². The number of hydrogen-bond acceptors (Lipinski definition) is 3. The number of aromatic hydroxyl groups is 1. The van der Waals surface area contributed by atoms with Crippen LogP contribution >= 0.6 is 0 Å². The van der Waals surface area contributed by atoms with Crippen LogP contribution in [0.15, 0.2) is 24.3 Å². The van der Waals surface area contributed by atoms with E-state index in [4.69, 9.17) is 10.8 Å². The molecule has 64 valence electrons. The van der Waals surface area contributed by atoms with E-state index < -0.39 is 6.04 Å². The van der Waals surface area contributed by atoms with Crippen LogP contribution in [0.25, 0.3) is 0 Å². The van der Waals surface area contributed by atoms with E-state index in [9.17, 15) is 4.79 Å². The minimum absolute atomic E-state index is 0.116. The molecular weight excluding hydrogens is 154 g/mol. The molecular formula is C9H11NO2. The highest BCUT2D eigenvalue weighted by atomic mass is 16.3. The summed E-state index contributed by atoms with van der Waals surface area (Å²) in [6.07, 6.45) is 0. The lowest BCUT2D eigenvalue weighted by Crippen LogP contribution is -2.26. The number of carbonyl (C=O) groups excluding carboxylic acids is 1. The van der Waals surface area contributed by atoms with E-state index in [1.807, 2.05) is 0 Å². The van der Waals surface area contributed by atoms with Gasteiger partial charge in [-0.1, -0.05) is 0 Å². The van der Waals surface area contributed by atoms with E-state index in [0.717, 1.165) is 0 Å². The van der Waals surface area contributed by atoms with Crippen LogP contribution < -0.4 is 5.73 Å². The molecule has 1 atom stereocenters. The number of nitrogens with two attached hydrogens (primary N) is 1. The lowest BCUT2D eigenvalue weighted by molar-refractivity contribution is 0.0968. The number of hydrogen-bond donors (Lipinski definition) is 2. The molecule has 0 aromatic heterocycles. The third-order valence-corrected chi connectivity index (χ3v) is 1.57. The molecule has 0 aliphatic carbocycles. The highest BCUT2D eigenvalue weighted by Gasteiger charge is 2.09. The monoisotopic (exact) mass is 165 g/mol. The number of carbonyl (C=O) groups is 1. The second-order valence-electron chi connectivity index (χ2n) is 2.70. The number of benzene rings is 1. The molecule has 1 aromatic rings. The first-order valence-corrected chi connectivity index (χ1v) is 3.70. The van der Waals surface area contributed by atoms with Gasteiger partial charge < -0.3 is 10.8 Å². The Morgan fingerprint density at radius 3 is 2.33 bits per heavy atom. The Bertz CT molecular complexity index is 277. The fourth-order valence-electron chi connectivity index (χ4n) is 0.889. The summed E-state index contributed by atoms with van der Waals surface area (Å²) in [4.78, 5) is 11.2. The number of phenols is 1. The van der Waals surface area contributed by atoms with Gasteiger partial charge in [0.05, 0.1) is 6.04 Å². The number of ketones is 1. The smallest absolute Gasteiger partial charge is 0.179 e. The molecule has 0 bridgehead atoms. The third kappa shape index (κ3) is 1.83. The largest absolute Gasteiger partial charge is 0.508 e. The Hall–Kier alpha value is -1.35. The van der Waals surface area contributed by atoms with Crippen LogP contribution in [0.5, 0.6) is 5.75 Å². The quantitative estimate of drug-likeness (QED) is 0.640. The van der Waals surface area contributed by atoms with Crippen LogP contribution in [-0.2, 0) is 0 Å². The molecule has 12 heavy (non-hydrogen) atoms. The fourth-order valence-corrected chi connectivity index (χ4v) is 0.889. The van der Waals surface area contributed by atoms with Crippen LogP contribution in [0.1, 0.15) is 17.3 Å². The zero-order chi connectivity index (χ0) is 9.14. The van der Waals surface area contributed by atoms with Crippen molar-refractivity contribution in [3.05, 3.63) is 29.8 Å². The summed E-state index contributed by atoms with van der Waals surface area (Å²) in [6, 6.07) is 5.56. The number of Topliss-reactive ketones (excluding diaryl/α,β-unsaturated/α-hetero) is 1. The maximum absolute atomic E-state index is 11.2. The van der Waals surface area contributed by atoms with Gasteiger partial charge in [0.25, 0.3) is 0 Å². The van der Waals surface area contributed by atoms with Gasteiger partial charge in [0.15, 0.2) is 5.78 Å². The molecule has 0 heterocycles. The Labute approximate surface area is 70.8 Å². The van der Waals surface area contributed by atoms with Gasteiger partial charge in [-0.3, -0.25) is 4.79 Å². The van der Waals surface area contributed by atoms with Gasteiger partial charge >= 0.3 is 0 Å². The molecule has 0 aliphatic heterocycles. The molecule has 0 spiro atoms. The summed E-state index contributed by atoms with van der Waals surface area (Å²) < 4.78 is 0. The van der Waals surface area contributed by atoms with Gasteiger partial charge in [-0.25, -0.2) is 0 Å². The van der Waals surface area contributed by atoms with E-state index in [0.29, 0.717) is 5.56 Å². The zero-order valence-electron chi connectivity index (χ0n) is 6.82. The molecule has 0 unspecified atom stereocenters. The summed E-state index contributed by atoms with van der Waals surface area (Å²) in [5, 5.41) is 8.93. The Morgan fingerprint density at radius 2 is 1.92 bits per heavy atom. The van der Waals surface area contributed by atoms with Gasteiger partial charge in [0.1, 0.15) is 5.75 Å². The molecule has 0 saturated heterocycles. The van der Waals surface area contributed by atoms with E-state index in [1.165, 1.54) is 12.1 Å². The number of phenolic OH excluding ortho intramolecular Hbond substituents is 1. The standard InChI is InChI=1S/C9H11NO2/c1-6(10)9(12)7-2-4-8(11)5-3-7/h2-6,11H,10H2,1H3/t6-/m0/s1. The van der Waals surface area contributed by atoms with Crippen molar-refractivity contribution in [1.29, 1.82) is 0 Å². The van der Waals surface area contributed by atoms with E-state index >= 15 is 0 Å². The molecule has 3 nitrogen and oxygen atoms in total. The first-order valence-electron chi connectivity index (χ1n) is 3.70. The lowest BCUT2D eigenvalue weighted by Gasteiger charge is -2.03. The molecule has 3 heteroatoms. The van der Waals surface area contributed by atoms with Crippen molar-refractivity contribution in [3.63, 3.8) is 0 Å². The average molecular weight is 165 g/mol. The van der Waals surface area contributed by atoms with Gasteiger partial charge in [0, 0.05) is 5.56 Å². The minimum atomic E-state index is -0.491.